The van der Waals surface area contributed by atoms with Gasteiger partial charge in [-0.1, -0.05) is 83.5 Å². The maximum absolute atomic E-state index is 11.1. The lowest BCUT2D eigenvalue weighted by Crippen LogP contribution is -2.08. The van der Waals surface area contributed by atoms with E-state index in [1.165, 1.54) is 84.0 Å². The summed E-state index contributed by atoms with van der Waals surface area (Å²) in [6.45, 7) is 1.60. The Kier molecular flexibility index (Phi) is 17.7. The van der Waals surface area contributed by atoms with Gasteiger partial charge in [0.15, 0.2) is 0 Å². The molecule has 0 amide bonds. The Morgan fingerprint density at radius 3 is 1.29 bits per heavy atom. The lowest BCUT2D eigenvalue weighted by molar-refractivity contribution is -0.158. The molecule has 4 heteroatoms. The summed E-state index contributed by atoms with van der Waals surface area (Å²) in [4.78, 5) is 21.7. The number of esters is 2. The van der Waals surface area contributed by atoms with Crippen LogP contribution in [0.5, 0.6) is 0 Å². The van der Waals surface area contributed by atoms with Crippen molar-refractivity contribution in [2.24, 2.45) is 0 Å². The van der Waals surface area contributed by atoms with Crippen molar-refractivity contribution in [1.82, 2.24) is 0 Å². The van der Waals surface area contributed by atoms with Gasteiger partial charge in [-0.15, -0.1) is 0 Å². The van der Waals surface area contributed by atoms with Crippen molar-refractivity contribution in [3.05, 3.63) is 0 Å². The van der Waals surface area contributed by atoms with Gasteiger partial charge in [0.1, 0.15) is 0 Å². The molecule has 0 rings (SSSR count). The number of rotatable bonds is 17. The Morgan fingerprint density at radius 2 is 0.958 bits per heavy atom. The summed E-state index contributed by atoms with van der Waals surface area (Å²) in [7, 11) is 0. The molecule has 0 saturated carbocycles. The minimum absolute atomic E-state index is 0.340. The molecule has 0 aliphatic carbocycles. The summed E-state index contributed by atoms with van der Waals surface area (Å²) in [6, 6.07) is 0. The molecule has 0 bridgehead atoms. The van der Waals surface area contributed by atoms with Gasteiger partial charge in [0.2, 0.25) is 0 Å². The maximum atomic E-state index is 11.1. The first-order chi connectivity index (χ1) is 11.7. The molecule has 0 saturated heterocycles. The largest absolute Gasteiger partial charge is 0.396 e. The fourth-order valence-electron chi connectivity index (χ4n) is 2.89. The summed E-state index contributed by atoms with van der Waals surface area (Å²) < 4.78 is 4.49. The van der Waals surface area contributed by atoms with Crippen molar-refractivity contribution in [3.8, 4) is 0 Å². The Balaban J connectivity index is 3.07. The number of ether oxygens (including phenoxy) is 1. The zero-order valence-corrected chi connectivity index (χ0v) is 15.7. The molecule has 1 N–H and O–H groups in total. The summed E-state index contributed by atoms with van der Waals surface area (Å²) >= 11 is 0. The average Bonchev–Trinajstić information content (AvgIpc) is 2.53. The van der Waals surface area contributed by atoms with E-state index in [1.54, 1.807) is 0 Å². The first-order valence-corrected chi connectivity index (χ1v) is 9.99. The van der Waals surface area contributed by atoms with Crippen LogP contribution >= 0.6 is 0 Å². The lowest BCUT2D eigenvalue weighted by atomic mass is 10.0. The van der Waals surface area contributed by atoms with E-state index in [4.69, 9.17) is 5.11 Å². The van der Waals surface area contributed by atoms with Crippen LogP contribution in [0.3, 0.4) is 0 Å². The number of unbranched alkanes of at least 4 members (excludes halogenated alkanes) is 14. The summed E-state index contributed by atoms with van der Waals surface area (Å²) in [5, 5.41) is 8.69. The lowest BCUT2D eigenvalue weighted by Gasteiger charge is -2.03. The molecule has 4 nitrogen and oxygen atoms in total. The molecule has 0 radical (unpaired) electrons. The van der Waals surface area contributed by atoms with Gasteiger partial charge in [-0.05, 0) is 12.8 Å². The molecule has 0 heterocycles. The zero-order valence-electron chi connectivity index (χ0n) is 15.7. The molecule has 0 aromatic carbocycles. The third-order valence-electron chi connectivity index (χ3n) is 4.30. The number of hydrogen-bond donors (Lipinski definition) is 1. The highest BCUT2D eigenvalue weighted by atomic mass is 16.6. The molecule has 0 fully saturated rings. The van der Waals surface area contributed by atoms with Crippen LogP contribution in [0.15, 0.2) is 0 Å². The maximum Gasteiger partial charge on any atom is 0.313 e. The van der Waals surface area contributed by atoms with Crippen LogP contribution in [0.1, 0.15) is 110 Å². The molecule has 0 aromatic rings. The molecule has 0 aliphatic rings. The van der Waals surface area contributed by atoms with Gasteiger partial charge in [0, 0.05) is 20.0 Å². The average molecular weight is 343 g/mol. The molecular formula is C20H38O4. The number of hydrogen-bond acceptors (Lipinski definition) is 4. The van der Waals surface area contributed by atoms with E-state index in [2.05, 4.69) is 4.74 Å². The van der Waals surface area contributed by atoms with E-state index in [0.29, 0.717) is 13.0 Å². The van der Waals surface area contributed by atoms with Crippen LogP contribution in [-0.4, -0.2) is 23.7 Å². The van der Waals surface area contributed by atoms with Crippen LogP contribution in [-0.2, 0) is 14.3 Å². The summed E-state index contributed by atoms with van der Waals surface area (Å²) in [5.74, 6) is -0.905. The van der Waals surface area contributed by atoms with Crippen LogP contribution in [0.25, 0.3) is 0 Å². The van der Waals surface area contributed by atoms with Crippen LogP contribution in [0.2, 0.25) is 0 Å². The molecule has 0 aliphatic heterocycles. The third-order valence-corrected chi connectivity index (χ3v) is 4.30. The van der Waals surface area contributed by atoms with Crippen molar-refractivity contribution in [2.45, 2.75) is 110 Å². The number of carbonyl (C=O) groups excluding carboxylic acids is 2. The van der Waals surface area contributed by atoms with Crippen molar-refractivity contribution in [3.63, 3.8) is 0 Å². The molecule has 142 valence electrons. The van der Waals surface area contributed by atoms with E-state index in [-0.39, 0.29) is 0 Å². The highest BCUT2D eigenvalue weighted by molar-refractivity contribution is 5.83. The highest BCUT2D eigenvalue weighted by Gasteiger charge is 2.04. The molecule has 0 spiro atoms. The number of carbonyl (C=O) groups is 2. The number of aliphatic hydroxyl groups is 1. The SMILES string of the molecule is CC(=O)OC(=O)CCCCCCCCCCCCCCCCCO. The molecule has 24 heavy (non-hydrogen) atoms. The minimum atomic E-state index is -0.512. The number of aliphatic hydroxyl groups excluding tert-OH is 1. The monoisotopic (exact) mass is 342 g/mol. The fraction of sp³-hybridized carbons (Fsp3) is 0.900. The summed E-state index contributed by atoms with van der Waals surface area (Å²) in [6.07, 6.45) is 18.7. The van der Waals surface area contributed by atoms with Gasteiger partial charge in [0.05, 0.1) is 0 Å². The van der Waals surface area contributed by atoms with Gasteiger partial charge in [-0.25, -0.2) is 0 Å². The zero-order chi connectivity index (χ0) is 17.9. The Hall–Kier alpha value is -0.900. The van der Waals surface area contributed by atoms with Crippen molar-refractivity contribution >= 4 is 11.9 Å². The first-order valence-electron chi connectivity index (χ1n) is 9.99. The third kappa shape index (κ3) is 19.1. The standard InChI is InChI=1S/C20H38O4/c1-19(22)24-20(23)17-15-13-11-9-7-5-3-2-4-6-8-10-12-14-16-18-21/h21H,2-18H2,1H3. The highest BCUT2D eigenvalue weighted by Crippen LogP contribution is 2.13. The quantitative estimate of drug-likeness (QED) is 0.221. The van der Waals surface area contributed by atoms with Gasteiger partial charge in [-0.3, -0.25) is 9.59 Å². The normalized spacial score (nSPS) is 10.8. The second-order valence-electron chi connectivity index (χ2n) is 6.74. The van der Waals surface area contributed by atoms with Gasteiger partial charge in [0.25, 0.3) is 0 Å². The predicted molar refractivity (Wildman–Crippen MR) is 97.7 cm³/mol. The topological polar surface area (TPSA) is 63.6 Å². The van der Waals surface area contributed by atoms with E-state index < -0.39 is 11.9 Å². The van der Waals surface area contributed by atoms with Crippen molar-refractivity contribution < 1.29 is 19.4 Å². The fourth-order valence-corrected chi connectivity index (χ4v) is 2.89. The van der Waals surface area contributed by atoms with Crippen molar-refractivity contribution in [1.29, 1.82) is 0 Å². The van der Waals surface area contributed by atoms with E-state index in [9.17, 15) is 9.59 Å². The molecular weight excluding hydrogens is 304 g/mol. The second-order valence-corrected chi connectivity index (χ2v) is 6.74. The Bertz CT molecular complexity index is 302. The van der Waals surface area contributed by atoms with Crippen LogP contribution in [0.4, 0.5) is 0 Å². The molecule has 0 aromatic heterocycles. The van der Waals surface area contributed by atoms with Gasteiger partial charge < -0.3 is 9.84 Å². The predicted octanol–water partition coefficient (Wildman–Crippen LogP) is 5.31. The Morgan fingerprint density at radius 1 is 0.625 bits per heavy atom. The summed E-state index contributed by atoms with van der Waals surface area (Å²) in [5.41, 5.74) is 0. The Labute approximate surface area is 148 Å². The smallest absolute Gasteiger partial charge is 0.313 e. The van der Waals surface area contributed by atoms with Crippen molar-refractivity contribution in [2.75, 3.05) is 6.61 Å². The van der Waals surface area contributed by atoms with Gasteiger partial charge in [-0.2, -0.15) is 0 Å². The van der Waals surface area contributed by atoms with E-state index >= 15 is 0 Å². The minimum Gasteiger partial charge on any atom is -0.396 e. The van der Waals surface area contributed by atoms with Gasteiger partial charge >= 0.3 is 11.9 Å². The van der Waals surface area contributed by atoms with Crippen LogP contribution < -0.4 is 0 Å². The molecule has 0 unspecified atom stereocenters. The van der Waals surface area contributed by atoms with Crippen LogP contribution in [0, 0.1) is 0 Å². The first kappa shape index (κ1) is 23.1. The molecule has 0 atom stereocenters. The second kappa shape index (κ2) is 18.4. The van der Waals surface area contributed by atoms with E-state index in [0.717, 1.165) is 19.3 Å². The van der Waals surface area contributed by atoms with E-state index in [1.807, 2.05) is 0 Å².